The largest absolute Gasteiger partial charge is 0.292 e. The lowest BCUT2D eigenvalue weighted by Crippen LogP contribution is -2.61. The van der Waals surface area contributed by atoms with E-state index in [0.29, 0.717) is 18.7 Å². The first kappa shape index (κ1) is 10.5. The number of carbonyl (C=O) groups is 2. The summed E-state index contributed by atoms with van der Waals surface area (Å²) >= 11 is 0. The highest BCUT2D eigenvalue weighted by Crippen LogP contribution is 2.35. The van der Waals surface area contributed by atoms with Crippen molar-refractivity contribution in [2.45, 2.75) is 12.0 Å². The number of carbonyl (C=O) groups excluding carboxylic acids is 2. The first-order valence-electron chi connectivity index (χ1n) is 5.40. The van der Waals surface area contributed by atoms with Crippen molar-refractivity contribution in [1.82, 2.24) is 21.5 Å². The molecule has 1 aliphatic heterocycles. The van der Waals surface area contributed by atoms with Crippen molar-refractivity contribution < 1.29 is 9.59 Å². The number of hydrogen-bond acceptors (Lipinski definition) is 6. The molecule has 0 radical (unpaired) electrons. The zero-order valence-corrected chi connectivity index (χ0v) is 9.06. The molecule has 0 aromatic carbocycles. The minimum atomic E-state index is -0.920. The number of nitrogens with zero attached hydrogens (tertiary/aromatic N) is 1. The van der Waals surface area contributed by atoms with E-state index in [2.05, 4.69) is 16.5 Å². The van der Waals surface area contributed by atoms with Crippen LogP contribution in [0.5, 0.6) is 0 Å². The van der Waals surface area contributed by atoms with E-state index in [0.717, 1.165) is 0 Å². The van der Waals surface area contributed by atoms with E-state index in [9.17, 15) is 9.59 Å². The van der Waals surface area contributed by atoms with E-state index in [-0.39, 0.29) is 11.6 Å². The molecule has 3 rings (SSSR count). The lowest BCUT2D eigenvalue weighted by atomic mass is 9.74. The van der Waals surface area contributed by atoms with Crippen LogP contribution in [-0.2, 0) is 9.59 Å². The van der Waals surface area contributed by atoms with Gasteiger partial charge in [0.2, 0.25) is 0 Å². The highest BCUT2D eigenvalue weighted by atomic mass is 16.1. The van der Waals surface area contributed by atoms with Crippen molar-refractivity contribution in [3.8, 4) is 0 Å². The third-order valence-corrected chi connectivity index (χ3v) is 3.29. The third-order valence-electron chi connectivity index (χ3n) is 3.29. The molecule has 1 saturated heterocycles. The second kappa shape index (κ2) is 3.71. The summed E-state index contributed by atoms with van der Waals surface area (Å²) in [6.45, 7) is 0.443. The molecule has 2 aliphatic carbocycles. The number of nitrogens with one attached hydrogen (secondary N) is 3. The van der Waals surface area contributed by atoms with Crippen molar-refractivity contribution in [3.05, 3.63) is 36.0 Å². The van der Waals surface area contributed by atoms with Gasteiger partial charge in [-0.15, -0.1) is 0 Å². The fourth-order valence-corrected chi connectivity index (χ4v) is 2.45. The maximum atomic E-state index is 12.2. The van der Waals surface area contributed by atoms with Crippen LogP contribution >= 0.6 is 0 Å². The van der Waals surface area contributed by atoms with Crippen molar-refractivity contribution in [3.63, 3.8) is 0 Å². The molecule has 3 N–H and O–H groups in total. The van der Waals surface area contributed by atoms with Crippen molar-refractivity contribution in [2.75, 3.05) is 6.67 Å². The smallest absolute Gasteiger partial charge is 0.183 e. The van der Waals surface area contributed by atoms with E-state index in [1.54, 1.807) is 23.2 Å². The van der Waals surface area contributed by atoms with Gasteiger partial charge in [0, 0.05) is 5.57 Å². The van der Waals surface area contributed by atoms with Crippen LogP contribution in [0.2, 0.25) is 0 Å². The normalized spacial score (nSPS) is 32.8. The molecule has 0 aromatic rings. The van der Waals surface area contributed by atoms with Gasteiger partial charge in [-0.05, 0) is 18.6 Å². The van der Waals surface area contributed by atoms with Crippen LogP contribution in [-0.4, -0.2) is 28.8 Å². The average molecular weight is 232 g/mol. The van der Waals surface area contributed by atoms with E-state index in [1.165, 1.54) is 12.2 Å². The van der Waals surface area contributed by atoms with Crippen molar-refractivity contribution in [1.29, 1.82) is 0 Å². The summed E-state index contributed by atoms with van der Waals surface area (Å²) in [6.07, 6.45) is 8.61. The van der Waals surface area contributed by atoms with Crippen LogP contribution in [0.25, 0.3) is 0 Å². The predicted octanol–water partition coefficient (Wildman–Crippen LogP) is -0.894. The van der Waals surface area contributed by atoms with Gasteiger partial charge in [0.25, 0.3) is 0 Å². The average Bonchev–Trinajstić information content (AvgIpc) is 2.85. The standard InChI is InChI=1S/C11H12N4O2/c16-9-4-2-6-11(15-7-12-13-14-15)8(9)3-1-5-10(11)17/h1-5,12-14H,6-7H2. The molecule has 0 saturated carbocycles. The second-order valence-corrected chi connectivity index (χ2v) is 4.13. The summed E-state index contributed by atoms with van der Waals surface area (Å²) in [5, 5.41) is 1.71. The Morgan fingerprint density at radius 2 is 2.18 bits per heavy atom. The zero-order chi connectivity index (χ0) is 11.9. The Hall–Kier alpha value is -1.60. The number of hydrogen-bond donors (Lipinski definition) is 3. The quantitative estimate of drug-likeness (QED) is 0.544. The summed E-state index contributed by atoms with van der Waals surface area (Å²) in [7, 11) is 0. The van der Waals surface area contributed by atoms with E-state index in [4.69, 9.17) is 0 Å². The Morgan fingerprint density at radius 3 is 2.94 bits per heavy atom. The number of hydrazine groups is 3. The Morgan fingerprint density at radius 1 is 1.29 bits per heavy atom. The van der Waals surface area contributed by atoms with Gasteiger partial charge in [0.05, 0.1) is 6.67 Å². The predicted molar refractivity (Wildman–Crippen MR) is 59.8 cm³/mol. The summed E-state index contributed by atoms with van der Waals surface area (Å²) in [5.41, 5.74) is 8.04. The SMILES string of the molecule is O=C1C=CCC2(N3CNNN3)C(=O)C=CC=C12. The first-order chi connectivity index (χ1) is 8.25. The minimum absolute atomic E-state index is 0.0781. The lowest BCUT2D eigenvalue weighted by Gasteiger charge is -2.41. The Kier molecular flexibility index (Phi) is 2.30. The van der Waals surface area contributed by atoms with Crippen LogP contribution in [0.3, 0.4) is 0 Å². The van der Waals surface area contributed by atoms with E-state index >= 15 is 0 Å². The number of ketones is 2. The molecule has 6 heteroatoms. The third kappa shape index (κ3) is 1.36. The van der Waals surface area contributed by atoms with Gasteiger partial charge in [0.1, 0.15) is 5.54 Å². The molecule has 1 fully saturated rings. The summed E-state index contributed by atoms with van der Waals surface area (Å²) in [5.74, 6) is -0.187. The van der Waals surface area contributed by atoms with Crippen LogP contribution in [0.1, 0.15) is 6.42 Å². The topological polar surface area (TPSA) is 73.5 Å². The van der Waals surface area contributed by atoms with Crippen LogP contribution < -0.4 is 16.5 Å². The summed E-state index contributed by atoms with van der Waals surface area (Å²) in [6, 6.07) is 0. The van der Waals surface area contributed by atoms with Crippen LogP contribution in [0.4, 0.5) is 0 Å². The number of fused-ring (bicyclic) bond motifs is 1. The van der Waals surface area contributed by atoms with E-state index in [1.807, 2.05) is 0 Å². The highest BCUT2D eigenvalue weighted by molar-refractivity contribution is 6.17. The molecule has 6 nitrogen and oxygen atoms in total. The van der Waals surface area contributed by atoms with Crippen LogP contribution in [0.15, 0.2) is 36.0 Å². The van der Waals surface area contributed by atoms with Gasteiger partial charge in [-0.2, -0.15) is 16.1 Å². The minimum Gasteiger partial charge on any atom is -0.292 e. The molecule has 88 valence electrons. The molecule has 3 aliphatic rings. The number of allylic oxidation sites excluding steroid dienone is 3. The fourth-order valence-electron chi connectivity index (χ4n) is 2.45. The highest BCUT2D eigenvalue weighted by Gasteiger charge is 2.50. The Labute approximate surface area is 97.9 Å². The molecular formula is C11H12N4O2. The van der Waals surface area contributed by atoms with E-state index < -0.39 is 5.54 Å². The van der Waals surface area contributed by atoms with Gasteiger partial charge in [-0.1, -0.05) is 18.2 Å². The molecule has 1 unspecified atom stereocenters. The molecule has 0 amide bonds. The van der Waals surface area contributed by atoms with Crippen LogP contribution in [0, 0.1) is 0 Å². The lowest BCUT2D eigenvalue weighted by molar-refractivity contribution is -0.128. The number of rotatable bonds is 1. The van der Waals surface area contributed by atoms with Gasteiger partial charge in [0.15, 0.2) is 11.6 Å². The molecule has 0 aromatic heterocycles. The van der Waals surface area contributed by atoms with Gasteiger partial charge >= 0.3 is 0 Å². The van der Waals surface area contributed by atoms with Crippen molar-refractivity contribution in [2.24, 2.45) is 0 Å². The molecular weight excluding hydrogens is 220 g/mol. The molecule has 0 spiro atoms. The first-order valence-corrected chi connectivity index (χ1v) is 5.40. The summed E-state index contributed by atoms with van der Waals surface area (Å²) in [4.78, 5) is 24.1. The van der Waals surface area contributed by atoms with Gasteiger partial charge < -0.3 is 0 Å². The zero-order valence-electron chi connectivity index (χ0n) is 9.06. The van der Waals surface area contributed by atoms with Gasteiger partial charge in [-0.3, -0.25) is 9.59 Å². The Bertz CT molecular complexity index is 474. The maximum absolute atomic E-state index is 12.2. The van der Waals surface area contributed by atoms with Crippen molar-refractivity contribution >= 4 is 11.6 Å². The second-order valence-electron chi connectivity index (χ2n) is 4.13. The molecule has 0 bridgehead atoms. The summed E-state index contributed by atoms with van der Waals surface area (Å²) < 4.78 is 0. The monoisotopic (exact) mass is 232 g/mol. The maximum Gasteiger partial charge on any atom is 0.183 e. The van der Waals surface area contributed by atoms with Gasteiger partial charge in [-0.25, -0.2) is 5.43 Å². The Balaban J connectivity index is 2.12. The molecule has 17 heavy (non-hydrogen) atoms. The molecule has 1 heterocycles. The molecule has 1 atom stereocenters. The fraction of sp³-hybridized carbons (Fsp3) is 0.273.